The second-order valence-corrected chi connectivity index (χ2v) is 7.61. The summed E-state index contributed by atoms with van der Waals surface area (Å²) in [6, 6.07) is 20.7. The fourth-order valence-electron chi connectivity index (χ4n) is 3.48. The Morgan fingerprint density at radius 3 is 2.34 bits per heavy atom. The van der Waals surface area contributed by atoms with Crippen LogP contribution in [0, 0.1) is 0 Å². The van der Waals surface area contributed by atoms with Crippen molar-refractivity contribution in [2.24, 2.45) is 0 Å². The van der Waals surface area contributed by atoms with Gasteiger partial charge in [-0.1, -0.05) is 48.5 Å². The number of nitrogens with zero attached hydrogens (tertiary/aromatic N) is 2. The number of benzene rings is 2. The van der Waals surface area contributed by atoms with Gasteiger partial charge in [0.2, 0.25) is 0 Å². The van der Waals surface area contributed by atoms with E-state index in [0.29, 0.717) is 29.3 Å². The zero-order valence-corrected chi connectivity index (χ0v) is 17.0. The Balaban J connectivity index is 1.79. The second-order valence-electron chi connectivity index (χ2n) is 6.66. The maximum atomic E-state index is 13.5. The van der Waals surface area contributed by atoms with Gasteiger partial charge in [-0.05, 0) is 29.1 Å². The molecule has 2 aromatic carbocycles. The van der Waals surface area contributed by atoms with Crippen LogP contribution in [0.15, 0.2) is 77.8 Å². The van der Waals surface area contributed by atoms with Gasteiger partial charge >= 0.3 is 0 Å². The van der Waals surface area contributed by atoms with Gasteiger partial charge in [-0.15, -0.1) is 11.3 Å². The Morgan fingerprint density at radius 1 is 0.931 bits per heavy atom. The van der Waals surface area contributed by atoms with E-state index < -0.39 is 0 Å². The zero-order chi connectivity index (χ0) is 20.4. The molecule has 0 N–H and O–H groups in total. The highest BCUT2D eigenvalue weighted by Gasteiger charge is 2.43. The summed E-state index contributed by atoms with van der Waals surface area (Å²) in [5, 5.41) is 1.90. The molecule has 0 fully saturated rings. The lowest BCUT2D eigenvalue weighted by molar-refractivity contribution is -0.120. The van der Waals surface area contributed by atoms with Crippen molar-refractivity contribution < 1.29 is 14.3 Å². The maximum absolute atomic E-state index is 13.5. The lowest BCUT2D eigenvalue weighted by atomic mass is 10.1. The molecule has 1 aromatic heterocycles. The molecule has 3 aromatic rings. The van der Waals surface area contributed by atoms with Crippen LogP contribution in [0.25, 0.3) is 5.57 Å². The van der Waals surface area contributed by atoms with Crippen LogP contribution in [0.5, 0.6) is 5.75 Å². The summed E-state index contributed by atoms with van der Waals surface area (Å²) < 4.78 is 5.40. The Kier molecular flexibility index (Phi) is 5.18. The third kappa shape index (κ3) is 3.43. The topological polar surface area (TPSA) is 49.9 Å². The van der Waals surface area contributed by atoms with Gasteiger partial charge in [0, 0.05) is 18.5 Å². The van der Waals surface area contributed by atoms with E-state index in [1.54, 1.807) is 18.2 Å². The first kappa shape index (κ1) is 19.0. The molecular weight excluding hydrogens is 384 g/mol. The lowest BCUT2D eigenvalue weighted by Gasteiger charge is -2.22. The SMILES string of the molecule is COc1ccccc1N1C(=O)C(c2cccs2)=C(N(C)Cc2ccccc2)C1=O. The molecule has 1 aliphatic rings. The molecule has 2 heterocycles. The third-order valence-electron chi connectivity index (χ3n) is 4.80. The van der Waals surface area contributed by atoms with Gasteiger partial charge in [-0.25, -0.2) is 4.90 Å². The molecule has 0 radical (unpaired) electrons. The summed E-state index contributed by atoms with van der Waals surface area (Å²) in [5.41, 5.74) is 2.33. The van der Waals surface area contributed by atoms with Crippen LogP contribution in [0.2, 0.25) is 0 Å². The molecule has 0 saturated heterocycles. The van der Waals surface area contributed by atoms with Gasteiger partial charge in [0.1, 0.15) is 11.4 Å². The molecule has 0 unspecified atom stereocenters. The maximum Gasteiger partial charge on any atom is 0.282 e. The molecule has 2 amide bonds. The van der Waals surface area contributed by atoms with Gasteiger partial charge in [-0.3, -0.25) is 9.59 Å². The Morgan fingerprint density at radius 2 is 1.66 bits per heavy atom. The van der Waals surface area contributed by atoms with Crippen LogP contribution in [0.4, 0.5) is 5.69 Å². The van der Waals surface area contributed by atoms with Crippen LogP contribution in [0.3, 0.4) is 0 Å². The van der Waals surface area contributed by atoms with E-state index in [0.717, 1.165) is 10.4 Å². The van der Waals surface area contributed by atoms with Crippen molar-refractivity contribution in [1.82, 2.24) is 4.90 Å². The van der Waals surface area contributed by atoms with Gasteiger partial charge in [0.15, 0.2) is 0 Å². The van der Waals surface area contributed by atoms with Crippen LogP contribution in [0.1, 0.15) is 10.4 Å². The fraction of sp³-hybridized carbons (Fsp3) is 0.130. The number of amides is 2. The van der Waals surface area contributed by atoms with E-state index in [4.69, 9.17) is 4.74 Å². The Hall–Kier alpha value is -3.38. The molecule has 0 aliphatic carbocycles. The molecule has 6 heteroatoms. The highest BCUT2D eigenvalue weighted by molar-refractivity contribution is 7.11. The van der Waals surface area contributed by atoms with Gasteiger partial charge in [-0.2, -0.15) is 0 Å². The predicted molar refractivity (Wildman–Crippen MR) is 115 cm³/mol. The molecule has 4 rings (SSSR count). The average Bonchev–Trinajstić information content (AvgIpc) is 3.35. The Bertz CT molecular complexity index is 1070. The third-order valence-corrected chi connectivity index (χ3v) is 5.68. The monoisotopic (exact) mass is 404 g/mol. The van der Waals surface area contributed by atoms with Crippen molar-refractivity contribution in [2.45, 2.75) is 6.54 Å². The number of rotatable bonds is 6. The molecule has 0 spiro atoms. The normalized spacial score (nSPS) is 13.9. The molecule has 29 heavy (non-hydrogen) atoms. The second kappa shape index (κ2) is 7.93. The van der Waals surface area contributed by atoms with Crippen LogP contribution < -0.4 is 9.64 Å². The van der Waals surface area contributed by atoms with E-state index in [-0.39, 0.29) is 11.8 Å². The summed E-state index contributed by atoms with van der Waals surface area (Å²) in [5.74, 6) is -0.204. The number of methoxy groups -OCH3 is 1. The number of imide groups is 1. The van der Waals surface area contributed by atoms with Crippen molar-refractivity contribution in [1.29, 1.82) is 0 Å². The summed E-state index contributed by atoms with van der Waals surface area (Å²) >= 11 is 1.45. The first-order valence-electron chi connectivity index (χ1n) is 9.17. The predicted octanol–water partition coefficient (Wildman–Crippen LogP) is 4.17. The quantitative estimate of drug-likeness (QED) is 0.579. The first-order chi connectivity index (χ1) is 14.1. The number of likely N-dealkylation sites (N-methyl/N-ethyl adjacent to an activating group) is 1. The number of para-hydroxylation sites is 2. The molecule has 1 aliphatic heterocycles. The minimum absolute atomic E-state index is 0.336. The van der Waals surface area contributed by atoms with Crippen LogP contribution >= 0.6 is 11.3 Å². The van der Waals surface area contributed by atoms with Gasteiger partial charge in [0.25, 0.3) is 11.8 Å². The highest BCUT2D eigenvalue weighted by Crippen LogP contribution is 2.39. The fourth-order valence-corrected chi connectivity index (χ4v) is 4.25. The minimum atomic E-state index is -0.346. The van der Waals surface area contributed by atoms with Crippen molar-refractivity contribution >= 4 is 34.4 Å². The zero-order valence-electron chi connectivity index (χ0n) is 16.2. The lowest BCUT2D eigenvalue weighted by Crippen LogP contribution is -2.34. The highest BCUT2D eigenvalue weighted by atomic mass is 32.1. The molecule has 0 saturated carbocycles. The number of hydrogen-bond donors (Lipinski definition) is 0. The van der Waals surface area contributed by atoms with E-state index >= 15 is 0 Å². The smallest absolute Gasteiger partial charge is 0.282 e. The largest absolute Gasteiger partial charge is 0.495 e. The van der Waals surface area contributed by atoms with E-state index in [1.165, 1.54) is 23.3 Å². The van der Waals surface area contributed by atoms with Crippen molar-refractivity contribution in [3.05, 3.63) is 88.2 Å². The molecule has 0 bridgehead atoms. The average molecular weight is 404 g/mol. The number of thiophene rings is 1. The molecule has 5 nitrogen and oxygen atoms in total. The van der Waals surface area contributed by atoms with E-state index in [1.807, 2.05) is 65.9 Å². The number of ether oxygens (including phenoxy) is 1. The molecular formula is C23H20N2O3S. The van der Waals surface area contributed by atoms with Crippen molar-refractivity contribution in [3.63, 3.8) is 0 Å². The minimum Gasteiger partial charge on any atom is -0.495 e. The number of carbonyl (C=O) groups excluding carboxylic acids is 2. The van der Waals surface area contributed by atoms with Gasteiger partial charge < -0.3 is 9.64 Å². The molecule has 0 atom stereocenters. The Labute approximate surface area is 173 Å². The molecule has 146 valence electrons. The standard InChI is InChI=1S/C23H20N2O3S/c1-24(15-16-9-4-3-5-10-16)21-20(19-13-8-14-29-19)22(26)25(23(21)27)17-11-6-7-12-18(17)28-2/h3-14H,15H2,1-2H3. The summed E-state index contributed by atoms with van der Waals surface area (Å²) in [4.78, 5) is 30.7. The summed E-state index contributed by atoms with van der Waals surface area (Å²) in [6.45, 7) is 0.518. The van der Waals surface area contributed by atoms with Crippen molar-refractivity contribution in [3.8, 4) is 5.75 Å². The number of anilines is 1. The number of carbonyl (C=O) groups is 2. The van der Waals surface area contributed by atoms with Crippen LogP contribution in [-0.4, -0.2) is 30.9 Å². The van der Waals surface area contributed by atoms with E-state index in [9.17, 15) is 9.59 Å². The van der Waals surface area contributed by atoms with Crippen molar-refractivity contribution in [2.75, 3.05) is 19.1 Å². The number of hydrogen-bond acceptors (Lipinski definition) is 5. The van der Waals surface area contributed by atoms with Crippen LogP contribution in [-0.2, 0) is 16.1 Å². The summed E-state index contributed by atoms with van der Waals surface area (Å²) in [6.07, 6.45) is 0. The first-order valence-corrected chi connectivity index (χ1v) is 10.0. The van der Waals surface area contributed by atoms with Gasteiger partial charge in [0.05, 0.1) is 18.4 Å². The van der Waals surface area contributed by atoms with E-state index in [2.05, 4.69) is 0 Å². The summed E-state index contributed by atoms with van der Waals surface area (Å²) in [7, 11) is 3.37.